The summed E-state index contributed by atoms with van der Waals surface area (Å²) < 4.78 is 2.02. The Morgan fingerprint density at radius 1 is 1.15 bits per heavy atom. The Bertz CT molecular complexity index is 1200. The van der Waals surface area contributed by atoms with E-state index in [0.717, 1.165) is 16.6 Å². The molecule has 2 N–H and O–H groups in total. The lowest BCUT2D eigenvalue weighted by molar-refractivity contribution is -0.113. The van der Waals surface area contributed by atoms with E-state index in [-0.39, 0.29) is 17.2 Å². The number of hydrogen-bond donors (Lipinski definition) is 2. The molecular formula is C20H18N4O2S. The van der Waals surface area contributed by atoms with Crippen LogP contribution in [-0.2, 0) is 17.6 Å². The van der Waals surface area contributed by atoms with Gasteiger partial charge in [-0.3, -0.25) is 9.59 Å². The van der Waals surface area contributed by atoms with Crippen molar-refractivity contribution in [3.63, 3.8) is 0 Å². The van der Waals surface area contributed by atoms with Gasteiger partial charge in [0, 0.05) is 24.1 Å². The molecule has 4 aromatic rings. The van der Waals surface area contributed by atoms with Gasteiger partial charge < -0.3 is 14.9 Å². The predicted molar refractivity (Wildman–Crippen MR) is 110 cm³/mol. The summed E-state index contributed by atoms with van der Waals surface area (Å²) in [6, 6.07) is 15.0. The van der Waals surface area contributed by atoms with E-state index >= 15 is 0 Å². The molecule has 136 valence electrons. The number of carbonyl (C=O) groups excluding carboxylic acids is 1. The zero-order valence-corrected chi connectivity index (χ0v) is 15.5. The Balaban J connectivity index is 1.40. The van der Waals surface area contributed by atoms with E-state index in [4.69, 9.17) is 0 Å². The number of aromatic amines is 1. The monoisotopic (exact) mass is 378 g/mol. The van der Waals surface area contributed by atoms with Crippen LogP contribution in [0.3, 0.4) is 0 Å². The van der Waals surface area contributed by atoms with E-state index in [1.54, 1.807) is 6.07 Å². The number of nitrogens with one attached hydrogen (secondary N) is 2. The van der Waals surface area contributed by atoms with Crippen LogP contribution in [0.15, 0.2) is 59.5 Å². The van der Waals surface area contributed by atoms with Crippen molar-refractivity contribution in [2.45, 2.75) is 5.75 Å². The number of aromatic nitrogens is 3. The maximum Gasteiger partial charge on any atom is 0.258 e. The van der Waals surface area contributed by atoms with Gasteiger partial charge in [0.2, 0.25) is 5.91 Å². The Hall–Kier alpha value is -3.06. The topological polar surface area (TPSA) is 79.8 Å². The second-order valence-corrected chi connectivity index (χ2v) is 7.22. The first kappa shape index (κ1) is 17.4. The summed E-state index contributed by atoms with van der Waals surface area (Å²) in [6.07, 6.45) is 1.97. The molecule has 1 amide bonds. The third-order valence-corrected chi connectivity index (χ3v) is 5.28. The van der Waals surface area contributed by atoms with Gasteiger partial charge in [-0.15, -0.1) is 11.8 Å². The first-order valence-electron chi connectivity index (χ1n) is 8.51. The van der Waals surface area contributed by atoms with Crippen molar-refractivity contribution in [2.75, 3.05) is 11.1 Å². The minimum absolute atomic E-state index is 0.0838. The number of hydrogen-bond acceptors (Lipinski definition) is 4. The Morgan fingerprint density at radius 3 is 2.89 bits per heavy atom. The fourth-order valence-electron chi connectivity index (χ4n) is 3.04. The number of para-hydroxylation sites is 1. The van der Waals surface area contributed by atoms with Crippen LogP contribution in [0.4, 0.5) is 5.69 Å². The van der Waals surface area contributed by atoms with Crippen LogP contribution in [-0.4, -0.2) is 26.2 Å². The van der Waals surface area contributed by atoms with Crippen molar-refractivity contribution >= 4 is 45.2 Å². The van der Waals surface area contributed by atoms with Gasteiger partial charge in [-0.2, -0.15) is 0 Å². The van der Waals surface area contributed by atoms with Crippen LogP contribution in [0, 0.1) is 0 Å². The van der Waals surface area contributed by atoms with E-state index in [0.29, 0.717) is 22.5 Å². The molecule has 2 aromatic heterocycles. The van der Waals surface area contributed by atoms with Crippen molar-refractivity contribution in [1.82, 2.24) is 14.5 Å². The molecule has 7 heteroatoms. The van der Waals surface area contributed by atoms with Crippen LogP contribution in [0.2, 0.25) is 0 Å². The van der Waals surface area contributed by atoms with E-state index in [9.17, 15) is 9.59 Å². The molecule has 0 fully saturated rings. The average molecular weight is 378 g/mol. The van der Waals surface area contributed by atoms with Gasteiger partial charge in [0.15, 0.2) is 0 Å². The standard InChI is InChI=1S/C20H18N4O2S/c1-24-10-9-13-15(7-4-8-17(13)24)22-19(25)12-27-11-18-21-16-6-3-2-5-14(16)20(26)23-18/h2-10H,11-12H2,1H3,(H,22,25)(H,21,23,26). The van der Waals surface area contributed by atoms with Crippen LogP contribution < -0.4 is 10.9 Å². The highest BCUT2D eigenvalue weighted by Crippen LogP contribution is 2.24. The van der Waals surface area contributed by atoms with Gasteiger partial charge in [0.1, 0.15) is 5.82 Å². The Morgan fingerprint density at radius 2 is 2.00 bits per heavy atom. The van der Waals surface area contributed by atoms with Crippen molar-refractivity contribution in [2.24, 2.45) is 7.05 Å². The molecule has 27 heavy (non-hydrogen) atoms. The number of anilines is 1. The molecule has 0 spiro atoms. The highest BCUT2D eigenvalue weighted by Gasteiger charge is 2.09. The number of rotatable bonds is 5. The summed E-state index contributed by atoms with van der Waals surface area (Å²) in [5.74, 6) is 1.23. The molecule has 0 saturated carbocycles. The highest BCUT2D eigenvalue weighted by molar-refractivity contribution is 7.99. The van der Waals surface area contributed by atoms with Crippen molar-refractivity contribution in [1.29, 1.82) is 0 Å². The molecule has 0 saturated heterocycles. The third-order valence-electron chi connectivity index (χ3n) is 4.34. The van der Waals surface area contributed by atoms with E-state index < -0.39 is 0 Å². The zero-order valence-electron chi connectivity index (χ0n) is 14.7. The lowest BCUT2D eigenvalue weighted by atomic mass is 10.2. The van der Waals surface area contributed by atoms with Gasteiger partial charge in [-0.1, -0.05) is 18.2 Å². The molecule has 2 aromatic carbocycles. The number of thioether (sulfide) groups is 1. The quantitative estimate of drug-likeness (QED) is 0.558. The lowest BCUT2D eigenvalue weighted by Crippen LogP contribution is -2.15. The molecule has 0 unspecified atom stereocenters. The van der Waals surface area contributed by atoms with Crippen molar-refractivity contribution in [3.8, 4) is 0 Å². The van der Waals surface area contributed by atoms with Crippen LogP contribution >= 0.6 is 11.8 Å². The number of H-pyrrole nitrogens is 1. The molecule has 0 aliphatic rings. The summed E-state index contributed by atoms with van der Waals surface area (Å²) in [7, 11) is 1.97. The van der Waals surface area contributed by atoms with Gasteiger partial charge in [0.05, 0.1) is 28.1 Å². The minimum Gasteiger partial charge on any atom is -0.350 e. The van der Waals surface area contributed by atoms with E-state index in [2.05, 4.69) is 15.3 Å². The SMILES string of the molecule is Cn1ccc2c(NC(=O)CSCc3nc4ccccc4c(=O)[nH]3)cccc21. The maximum atomic E-state index is 12.3. The second-order valence-electron chi connectivity index (χ2n) is 6.24. The minimum atomic E-state index is -0.156. The average Bonchev–Trinajstić information content (AvgIpc) is 3.04. The Labute approximate surface area is 159 Å². The molecular weight excluding hydrogens is 360 g/mol. The van der Waals surface area contributed by atoms with Gasteiger partial charge in [-0.25, -0.2) is 4.98 Å². The van der Waals surface area contributed by atoms with Crippen LogP contribution in [0.5, 0.6) is 0 Å². The first-order chi connectivity index (χ1) is 13.1. The summed E-state index contributed by atoms with van der Waals surface area (Å²) >= 11 is 1.41. The van der Waals surface area contributed by atoms with E-state index in [1.165, 1.54) is 11.8 Å². The number of amides is 1. The largest absolute Gasteiger partial charge is 0.350 e. The Kier molecular flexibility index (Phi) is 4.68. The predicted octanol–water partition coefficient (Wildman–Crippen LogP) is 3.29. The summed E-state index contributed by atoms with van der Waals surface area (Å²) in [5, 5.41) is 4.54. The number of carbonyl (C=O) groups is 1. The normalized spacial score (nSPS) is 11.1. The molecule has 0 atom stereocenters. The highest BCUT2D eigenvalue weighted by atomic mass is 32.2. The van der Waals surface area contributed by atoms with Crippen LogP contribution in [0.25, 0.3) is 21.8 Å². The van der Waals surface area contributed by atoms with Gasteiger partial charge in [0.25, 0.3) is 5.56 Å². The number of aryl methyl sites for hydroxylation is 1. The molecule has 6 nitrogen and oxygen atoms in total. The molecule has 0 bridgehead atoms. The molecule has 0 aliphatic heterocycles. The first-order valence-corrected chi connectivity index (χ1v) is 9.67. The molecule has 0 aliphatic carbocycles. The number of nitrogens with zero attached hydrogens (tertiary/aromatic N) is 2. The number of fused-ring (bicyclic) bond motifs is 2. The number of benzene rings is 2. The fraction of sp³-hybridized carbons (Fsp3) is 0.150. The molecule has 4 rings (SSSR count). The molecule has 0 radical (unpaired) electrons. The lowest BCUT2D eigenvalue weighted by Gasteiger charge is -2.07. The smallest absolute Gasteiger partial charge is 0.258 e. The molecule has 2 heterocycles. The summed E-state index contributed by atoms with van der Waals surface area (Å²) in [6.45, 7) is 0. The van der Waals surface area contributed by atoms with Crippen LogP contribution in [0.1, 0.15) is 5.82 Å². The van der Waals surface area contributed by atoms with E-state index in [1.807, 2.05) is 60.3 Å². The van der Waals surface area contributed by atoms with Crippen molar-refractivity contribution < 1.29 is 4.79 Å². The van der Waals surface area contributed by atoms with Crippen molar-refractivity contribution in [3.05, 3.63) is 70.9 Å². The zero-order chi connectivity index (χ0) is 18.8. The fourth-order valence-corrected chi connectivity index (χ4v) is 3.73. The summed E-state index contributed by atoms with van der Waals surface area (Å²) in [4.78, 5) is 31.6. The summed E-state index contributed by atoms with van der Waals surface area (Å²) in [5.41, 5.74) is 2.38. The van der Waals surface area contributed by atoms with Gasteiger partial charge in [-0.05, 0) is 30.3 Å². The van der Waals surface area contributed by atoms with Gasteiger partial charge >= 0.3 is 0 Å². The maximum absolute atomic E-state index is 12.3. The third kappa shape index (κ3) is 3.59. The second kappa shape index (κ2) is 7.28.